The third kappa shape index (κ3) is 5.53. The molecular weight excluding hydrogens is 437 g/mol. The first-order valence-corrected chi connectivity index (χ1v) is 10.7. The Morgan fingerprint density at radius 1 is 1.16 bits per heavy atom. The number of halogens is 3. The number of para-hydroxylation sites is 1. The second kappa shape index (κ2) is 8.64. The van der Waals surface area contributed by atoms with Gasteiger partial charge < -0.3 is 19.1 Å². The first-order valence-electron chi connectivity index (χ1n) is 7.16. The van der Waals surface area contributed by atoms with Crippen molar-refractivity contribution >= 4 is 35.3 Å². The van der Waals surface area contributed by atoms with Crippen molar-refractivity contribution in [2.45, 2.75) is 11.4 Å². The van der Waals surface area contributed by atoms with Crippen molar-refractivity contribution in [2.24, 2.45) is 0 Å². The molecule has 2 aromatic rings. The van der Waals surface area contributed by atoms with Crippen LogP contribution in [0.25, 0.3) is 0 Å². The molecule has 25 heavy (non-hydrogen) atoms. The molecule has 0 amide bonds. The predicted octanol–water partition coefficient (Wildman–Crippen LogP) is 3.72. The van der Waals surface area contributed by atoms with E-state index in [1.54, 1.807) is 11.8 Å². The Morgan fingerprint density at radius 2 is 1.84 bits per heavy atom. The summed E-state index contributed by atoms with van der Waals surface area (Å²) in [5, 5.41) is 0. The average Bonchev–Trinajstić information content (AvgIpc) is 2.54. The number of thioether (sulfide) groups is 1. The molecule has 2 aromatic carbocycles. The monoisotopic (exact) mass is 450 g/mol. The fraction of sp³-hybridized carbons (Fsp3) is 0.250. The quantitative estimate of drug-likeness (QED) is 0.452. The van der Waals surface area contributed by atoms with Crippen LogP contribution in [0.2, 0.25) is 0 Å². The van der Waals surface area contributed by atoms with Crippen molar-refractivity contribution in [1.29, 1.82) is 0 Å². The summed E-state index contributed by atoms with van der Waals surface area (Å²) in [6.45, 7) is 0.502. The summed E-state index contributed by atoms with van der Waals surface area (Å²) in [7, 11) is -6.08. The minimum Gasteiger partial charge on any atom is -0.806 e. The number of alkyl halides is 2. The van der Waals surface area contributed by atoms with Crippen molar-refractivity contribution < 1.29 is 27.9 Å². The van der Waals surface area contributed by atoms with E-state index >= 15 is 0 Å². The summed E-state index contributed by atoms with van der Waals surface area (Å²) < 4.78 is 43.4. The Hall–Kier alpha value is -0.920. The number of hydrogen-bond acceptors (Lipinski definition) is 5. The summed E-state index contributed by atoms with van der Waals surface area (Å²) >= 11 is 4.46. The van der Waals surface area contributed by atoms with Crippen LogP contribution in [0.15, 0.2) is 53.0 Å². The lowest BCUT2D eigenvalue weighted by Crippen LogP contribution is -2.30. The molecule has 0 atom stereocenters. The van der Waals surface area contributed by atoms with E-state index in [1.807, 2.05) is 30.3 Å². The lowest BCUT2D eigenvalue weighted by atomic mass is 10.1. The molecule has 0 bridgehead atoms. The Morgan fingerprint density at radius 3 is 2.44 bits per heavy atom. The molecular formula is C16H14BrF2O4PS-2. The average molecular weight is 451 g/mol. The lowest BCUT2D eigenvalue weighted by Gasteiger charge is -2.38. The van der Waals surface area contributed by atoms with E-state index in [-0.39, 0.29) is 4.47 Å². The molecule has 0 aliphatic rings. The maximum Gasteiger partial charge on any atom is 0.297 e. The van der Waals surface area contributed by atoms with Crippen molar-refractivity contribution in [2.75, 3.05) is 12.4 Å². The molecule has 136 valence electrons. The summed E-state index contributed by atoms with van der Waals surface area (Å²) in [5.74, 6) is 2.01. The van der Waals surface area contributed by atoms with Gasteiger partial charge in [0, 0.05) is 29.1 Å². The molecule has 0 aliphatic heterocycles. The molecule has 0 aromatic heterocycles. The van der Waals surface area contributed by atoms with Crippen molar-refractivity contribution in [3.63, 3.8) is 0 Å². The van der Waals surface area contributed by atoms with Gasteiger partial charge in [0.15, 0.2) is 0 Å². The van der Waals surface area contributed by atoms with Crippen molar-refractivity contribution in [1.82, 2.24) is 0 Å². The topological polar surface area (TPSA) is 72.4 Å². The van der Waals surface area contributed by atoms with E-state index in [4.69, 9.17) is 4.74 Å². The highest BCUT2D eigenvalue weighted by molar-refractivity contribution is 9.10. The minimum atomic E-state index is -6.08. The van der Waals surface area contributed by atoms with Gasteiger partial charge in [0.2, 0.25) is 0 Å². The molecule has 0 spiro atoms. The minimum absolute atomic E-state index is 0.108. The third-order valence-electron chi connectivity index (χ3n) is 3.21. The van der Waals surface area contributed by atoms with Crippen molar-refractivity contribution in [3.8, 4) is 5.75 Å². The fourth-order valence-corrected chi connectivity index (χ4v) is 4.04. The van der Waals surface area contributed by atoms with Crippen LogP contribution in [0.1, 0.15) is 11.1 Å². The van der Waals surface area contributed by atoms with Gasteiger partial charge in [0.1, 0.15) is 5.75 Å². The zero-order chi connectivity index (χ0) is 18.5. The highest BCUT2D eigenvalue weighted by Gasteiger charge is 2.37. The van der Waals surface area contributed by atoms with Crippen LogP contribution in [0.4, 0.5) is 8.78 Å². The molecule has 4 nitrogen and oxygen atoms in total. The Balaban J connectivity index is 1.88. The Labute approximate surface area is 156 Å². The maximum absolute atomic E-state index is 13.6. The summed E-state index contributed by atoms with van der Waals surface area (Å²) in [6.07, 6.45) is 0. The lowest BCUT2D eigenvalue weighted by molar-refractivity contribution is -0.335. The molecule has 0 fully saturated rings. The van der Waals surface area contributed by atoms with Gasteiger partial charge in [0.25, 0.3) is 5.66 Å². The van der Waals surface area contributed by atoms with Gasteiger partial charge in [-0.3, -0.25) is 0 Å². The van der Waals surface area contributed by atoms with E-state index < -0.39 is 18.8 Å². The van der Waals surface area contributed by atoms with Crippen LogP contribution in [0.5, 0.6) is 5.75 Å². The highest BCUT2D eigenvalue weighted by atomic mass is 79.9. The predicted molar refractivity (Wildman–Crippen MR) is 93.7 cm³/mol. The normalized spacial score (nSPS) is 12.2. The summed E-state index contributed by atoms with van der Waals surface area (Å²) in [5.41, 5.74) is -4.56. The SMILES string of the molecule is O=P([O-])([O-])C(F)(F)c1ccc(CSCCOc2ccccc2)cc1Br. The van der Waals surface area contributed by atoms with Crippen LogP contribution in [-0.4, -0.2) is 12.4 Å². The largest absolute Gasteiger partial charge is 0.806 e. The van der Waals surface area contributed by atoms with E-state index in [0.29, 0.717) is 18.1 Å². The Kier molecular flexibility index (Phi) is 7.05. The molecule has 0 heterocycles. The number of benzene rings is 2. The molecule has 9 heteroatoms. The van der Waals surface area contributed by atoms with E-state index in [1.165, 1.54) is 12.1 Å². The van der Waals surface area contributed by atoms with E-state index in [0.717, 1.165) is 17.4 Å². The number of ether oxygens (including phenoxy) is 1. The summed E-state index contributed by atoms with van der Waals surface area (Å²) in [4.78, 5) is 21.5. The molecule has 0 radical (unpaired) electrons. The van der Waals surface area contributed by atoms with Crippen LogP contribution in [0, 0.1) is 0 Å². The van der Waals surface area contributed by atoms with Crippen LogP contribution < -0.4 is 14.5 Å². The molecule has 0 saturated heterocycles. The zero-order valence-electron chi connectivity index (χ0n) is 12.9. The van der Waals surface area contributed by atoms with Crippen LogP contribution >= 0.6 is 35.3 Å². The second-order valence-electron chi connectivity index (χ2n) is 5.07. The van der Waals surface area contributed by atoms with Crippen LogP contribution in [0.3, 0.4) is 0 Å². The molecule has 0 N–H and O–H groups in total. The van der Waals surface area contributed by atoms with E-state index in [9.17, 15) is 23.1 Å². The fourth-order valence-electron chi connectivity index (χ4n) is 1.97. The summed E-state index contributed by atoms with van der Waals surface area (Å²) in [6, 6.07) is 13.1. The van der Waals surface area contributed by atoms with Crippen molar-refractivity contribution in [3.05, 3.63) is 64.1 Å². The van der Waals surface area contributed by atoms with Gasteiger partial charge in [-0.05, 0) is 23.8 Å². The molecule has 0 saturated carbocycles. The van der Waals surface area contributed by atoms with Gasteiger partial charge in [-0.1, -0.05) is 46.3 Å². The number of hydrogen-bond donors (Lipinski definition) is 0. The van der Waals surface area contributed by atoms with Gasteiger partial charge in [-0.2, -0.15) is 20.5 Å². The van der Waals surface area contributed by atoms with Crippen LogP contribution in [-0.2, 0) is 16.0 Å². The van der Waals surface area contributed by atoms with Gasteiger partial charge in [-0.25, -0.2) is 0 Å². The first kappa shape index (κ1) is 20.4. The molecule has 0 unspecified atom stereocenters. The number of rotatable bonds is 8. The second-order valence-corrected chi connectivity index (χ2v) is 8.58. The zero-order valence-corrected chi connectivity index (χ0v) is 16.2. The third-order valence-corrected chi connectivity index (χ3v) is 5.79. The Bertz CT molecular complexity index is 755. The van der Waals surface area contributed by atoms with Gasteiger partial charge in [-0.15, -0.1) is 0 Å². The van der Waals surface area contributed by atoms with Gasteiger partial charge in [0.05, 0.1) is 6.61 Å². The smallest absolute Gasteiger partial charge is 0.297 e. The first-order chi connectivity index (χ1) is 11.7. The van der Waals surface area contributed by atoms with E-state index in [2.05, 4.69) is 15.9 Å². The van der Waals surface area contributed by atoms with Gasteiger partial charge >= 0.3 is 0 Å². The standard InChI is InChI=1S/C16H16BrF2O4PS/c17-15-10-12(6-7-14(15)16(18,19)24(20,21)22)11-25-9-8-23-13-4-2-1-3-5-13/h1-7,10H,8-9,11H2,(H2,20,21,22)/p-2. The molecule has 2 rings (SSSR count). The maximum atomic E-state index is 13.6. The molecule has 0 aliphatic carbocycles. The highest BCUT2D eigenvalue weighted by Crippen LogP contribution is 2.54.